The van der Waals surface area contributed by atoms with Crippen LogP contribution in [0, 0.1) is 29.6 Å². The Morgan fingerprint density at radius 3 is 2.74 bits per heavy atom. The maximum atomic E-state index is 13.9. The minimum atomic E-state index is -0.554. The van der Waals surface area contributed by atoms with Gasteiger partial charge in [-0.1, -0.05) is 38.4 Å². The van der Waals surface area contributed by atoms with Crippen LogP contribution in [0.1, 0.15) is 50.1 Å². The number of nitrogens with zero attached hydrogens (tertiary/aromatic N) is 5. The van der Waals surface area contributed by atoms with Crippen molar-refractivity contribution in [1.29, 1.82) is 5.26 Å². The molecule has 4 rings (SSSR count). The van der Waals surface area contributed by atoms with Gasteiger partial charge >= 0.3 is 0 Å². The smallest absolute Gasteiger partial charge is 0.213 e. The average Bonchev–Trinajstić information content (AvgIpc) is 3.33. The van der Waals surface area contributed by atoms with Gasteiger partial charge in [-0.3, -0.25) is 9.99 Å². The highest BCUT2D eigenvalue weighted by Gasteiger charge is 2.26. The molecular weight excluding hydrogens is 519 g/mol. The van der Waals surface area contributed by atoms with Crippen LogP contribution in [0.25, 0.3) is 10.9 Å². The summed E-state index contributed by atoms with van der Waals surface area (Å²) in [4.78, 5) is 10.6. The quantitative estimate of drug-likeness (QED) is 0.278. The zero-order valence-electron chi connectivity index (χ0n) is 22.8. The van der Waals surface area contributed by atoms with E-state index < -0.39 is 12.0 Å². The van der Waals surface area contributed by atoms with E-state index in [1.54, 1.807) is 25.3 Å². The second kappa shape index (κ2) is 11.6. The third-order valence-electron chi connectivity index (χ3n) is 6.33. The van der Waals surface area contributed by atoms with Gasteiger partial charge in [0.15, 0.2) is 0 Å². The SMILES string of the molecule is Cc1nc(F)ccc1[C@H](Nc1cc(Cl)c2ncc(C#N)c(N(C)CC(C)(C)C)c2c1)C1=CN(CCCO)NN1. The largest absolute Gasteiger partial charge is 0.396 e. The Kier molecular flexibility index (Phi) is 8.45. The predicted molar refractivity (Wildman–Crippen MR) is 152 cm³/mol. The molecule has 206 valence electrons. The Bertz CT molecular complexity index is 1430. The molecule has 11 heteroatoms. The lowest BCUT2D eigenvalue weighted by atomic mass is 9.95. The standard InChI is InChI=1S/C28H34ClFN8O/c1-17-20(7-8-24(30)33-17)26(23-15-38(36-35-23)9-6-10-39)34-19-11-21-25(22(29)12-19)32-14-18(13-31)27(21)37(5)16-28(2,3)4/h7-8,11-12,14-15,26,34-36,39H,6,9-10,16H2,1-5H3/t26-/m0/s1. The molecule has 39 heavy (non-hydrogen) atoms. The number of hydrazine groups is 2. The van der Waals surface area contributed by atoms with Gasteiger partial charge < -0.3 is 20.7 Å². The molecule has 2 aromatic heterocycles. The highest BCUT2D eigenvalue weighted by molar-refractivity contribution is 6.35. The van der Waals surface area contributed by atoms with Crippen molar-refractivity contribution in [3.8, 4) is 6.07 Å². The van der Waals surface area contributed by atoms with Gasteiger partial charge in [-0.05, 0) is 37.0 Å². The van der Waals surface area contributed by atoms with Gasteiger partial charge in [0.1, 0.15) is 6.07 Å². The number of hydrogen-bond donors (Lipinski definition) is 4. The predicted octanol–water partition coefficient (Wildman–Crippen LogP) is 4.79. The van der Waals surface area contributed by atoms with Crippen LogP contribution in [0.3, 0.4) is 0 Å². The maximum absolute atomic E-state index is 13.9. The Balaban J connectivity index is 1.81. The number of benzene rings is 1. The van der Waals surface area contributed by atoms with Crippen LogP contribution >= 0.6 is 11.6 Å². The number of anilines is 2. The minimum absolute atomic E-state index is 0.00948. The fraction of sp³-hybridized carbons (Fsp3) is 0.393. The Hall–Kier alpha value is -3.65. The van der Waals surface area contributed by atoms with Gasteiger partial charge in [-0.15, -0.1) is 5.53 Å². The lowest BCUT2D eigenvalue weighted by molar-refractivity contribution is 0.223. The van der Waals surface area contributed by atoms with E-state index in [-0.39, 0.29) is 12.0 Å². The summed E-state index contributed by atoms with van der Waals surface area (Å²) in [7, 11) is 1.96. The average molecular weight is 553 g/mol. The third-order valence-corrected chi connectivity index (χ3v) is 6.62. The summed E-state index contributed by atoms with van der Waals surface area (Å²) in [5, 5.41) is 25.7. The number of nitrogens with one attached hydrogen (secondary N) is 3. The Morgan fingerprint density at radius 1 is 1.31 bits per heavy atom. The van der Waals surface area contributed by atoms with Gasteiger partial charge in [0.05, 0.1) is 33.5 Å². The number of fused-ring (bicyclic) bond motifs is 1. The van der Waals surface area contributed by atoms with Crippen molar-refractivity contribution in [2.75, 3.05) is 37.0 Å². The van der Waals surface area contributed by atoms with Gasteiger partial charge in [-0.25, -0.2) is 4.98 Å². The molecule has 1 aliphatic heterocycles. The highest BCUT2D eigenvalue weighted by Crippen LogP contribution is 2.38. The lowest BCUT2D eigenvalue weighted by Gasteiger charge is -2.30. The number of pyridine rings is 2. The zero-order valence-corrected chi connectivity index (χ0v) is 23.6. The second-order valence-electron chi connectivity index (χ2n) is 10.9. The fourth-order valence-electron chi connectivity index (χ4n) is 4.83. The van der Waals surface area contributed by atoms with Gasteiger partial charge in [-0.2, -0.15) is 9.65 Å². The van der Waals surface area contributed by atoms with E-state index in [4.69, 9.17) is 11.6 Å². The Labute approximate surface area is 233 Å². The summed E-state index contributed by atoms with van der Waals surface area (Å²) in [6, 6.07) is 8.60. The first-order valence-electron chi connectivity index (χ1n) is 12.7. The molecule has 0 saturated heterocycles. The second-order valence-corrected chi connectivity index (χ2v) is 11.3. The number of halogens is 2. The Morgan fingerprint density at radius 2 is 2.08 bits per heavy atom. The summed E-state index contributed by atoms with van der Waals surface area (Å²) in [5.74, 6) is -0.554. The van der Waals surface area contributed by atoms with Crippen molar-refractivity contribution < 1.29 is 9.50 Å². The number of aromatic nitrogens is 2. The van der Waals surface area contributed by atoms with Crippen LogP contribution in [0.4, 0.5) is 15.8 Å². The summed E-state index contributed by atoms with van der Waals surface area (Å²) in [6.45, 7) is 9.56. The van der Waals surface area contributed by atoms with Crippen molar-refractivity contribution in [2.24, 2.45) is 5.41 Å². The molecule has 0 radical (unpaired) electrons. The van der Waals surface area contributed by atoms with Crippen LogP contribution in [0.2, 0.25) is 5.02 Å². The minimum Gasteiger partial charge on any atom is -0.396 e. The van der Waals surface area contributed by atoms with Crippen LogP contribution in [-0.2, 0) is 0 Å². The zero-order chi connectivity index (χ0) is 28.3. The van der Waals surface area contributed by atoms with Crippen LogP contribution < -0.4 is 21.2 Å². The van der Waals surface area contributed by atoms with Crippen LogP contribution in [0.5, 0.6) is 0 Å². The van der Waals surface area contributed by atoms with Crippen molar-refractivity contribution in [3.63, 3.8) is 0 Å². The van der Waals surface area contributed by atoms with Crippen LogP contribution in [0.15, 0.2) is 42.4 Å². The van der Waals surface area contributed by atoms with Gasteiger partial charge in [0.25, 0.3) is 0 Å². The molecule has 0 saturated carbocycles. The number of aliphatic hydroxyl groups excluding tert-OH is 1. The van der Waals surface area contributed by atoms with E-state index in [0.29, 0.717) is 47.0 Å². The molecule has 4 N–H and O–H groups in total. The van der Waals surface area contributed by atoms with Crippen molar-refractivity contribution >= 4 is 33.9 Å². The first kappa shape index (κ1) is 28.4. The molecule has 1 atom stereocenters. The molecule has 0 aliphatic carbocycles. The van der Waals surface area contributed by atoms with Crippen molar-refractivity contribution in [2.45, 2.75) is 40.2 Å². The van der Waals surface area contributed by atoms with E-state index in [1.165, 1.54) is 6.07 Å². The van der Waals surface area contributed by atoms with Crippen LogP contribution in [-0.4, -0.2) is 46.8 Å². The first-order valence-corrected chi connectivity index (χ1v) is 13.1. The summed E-state index contributed by atoms with van der Waals surface area (Å²) >= 11 is 6.75. The number of nitriles is 1. The van der Waals surface area contributed by atoms with Gasteiger partial charge in [0.2, 0.25) is 5.95 Å². The lowest BCUT2D eigenvalue weighted by Crippen LogP contribution is -2.38. The topological polar surface area (TPSA) is 112 Å². The number of hydrogen-bond acceptors (Lipinski definition) is 9. The van der Waals surface area contributed by atoms with Crippen molar-refractivity contribution in [1.82, 2.24) is 25.9 Å². The molecule has 0 amide bonds. The monoisotopic (exact) mass is 552 g/mol. The van der Waals surface area contributed by atoms with Crippen molar-refractivity contribution in [3.05, 3.63) is 70.2 Å². The molecule has 0 spiro atoms. The van der Waals surface area contributed by atoms with E-state index in [1.807, 2.05) is 24.3 Å². The van der Waals surface area contributed by atoms with E-state index >= 15 is 0 Å². The summed E-state index contributed by atoms with van der Waals surface area (Å²) in [5.41, 5.74) is 10.8. The first-order chi connectivity index (χ1) is 18.5. The molecule has 0 unspecified atom stereocenters. The normalized spacial score (nSPS) is 14.1. The highest BCUT2D eigenvalue weighted by atomic mass is 35.5. The summed E-state index contributed by atoms with van der Waals surface area (Å²) in [6.07, 6.45) is 4.05. The summed E-state index contributed by atoms with van der Waals surface area (Å²) < 4.78 is 13.9. The molecular formula is C28H34ClFN8O. The van der Waals surface area contributed by atoms with E-state index in [2.05, 4.69) is 58.0 Å². The molecule has 3 aromatic rings. The number of aliphatic hydroxyl groups is 1. The van der Waals surface area contributed by atoms with Gasteiger partial charge in [0, 0.05) is 61.5 Å². The van der Waals surface area contributed by atoms with E-state index in [0.717, 1.165) is 22.3 Å². The molecule has 3 heterocycles. The molecule has 9 nitrogen and oxygen atoms in total. The molecule has 0 bridgehead atoms. The number of aryl methyl sites for hydroxylation is 1. The third kappa shape index (κ3) is 6.50. The molecule has 0 fully saturated rings. The molecule has 1 aliphatic rings. The maximum Gasteiger partial charge on any atom is 0.213 e. The molecule has 1 aromatic carbocycles. The fourth-order valence-corrected chi connectivity index (χ4v) is 5.09. The van der Waals surface area contributed by atoms with E-state index in [9.17, 15) is 14.8 Å². The number of rotatable bonds is 9.